The van der Waals surface area contributed by atoms with Crippen LogP contribution in [0, 0.1) is 0 Å². The van der Waals surface area contributed by atoms with Gasteiger partial charge < -0.3 is 9.80 Å². The molecule has 6 nitrogen and oxygen atoms in total. The van der Waals surface area contributed by atoms with Crippen LogP contribution in [-0.2, 0) is 4.79 Å². The van der Waals surface area contributed by atoms with E-state index in [1.165, 1.54) is 0 Å². The molecule has 1 N–H and O–H groups in total. The molecule has 2 saturated heterocycles. The van der Waals surface area contributed by atoms with Gasteiger partial charge >= 0.3 is 0 Å². The maximum Gasteiger partial charge on any atom is 0.290 e. The van der Waals surface area contributed by atoms with Crippen LogP contribution in [0.15, 0.2) is 53.6 Å². The molecular formula is C25H23ClN4O2S. The van der Waals surface area contributed by atoms with Crippen LogP contribution >= 0.6 is 23.4 Å². The summed E-state index contributed by atoms with van der Waals surface area (Å²) in [5.74, 6) is -0.387. The van der Waals surface area contributed by atoms with E-state index >= 15 is 0 Å². The number of nitrogens with one attached hydrogen (secondary N) is 1. The van der Waals surface area contributed by atoms with Crippen LogP contribution in [0.25, 0.3) is 28.0 Å². The number of nitrogens with zero attached hydrogens (tertiary/aromatic N) is 3. The van der Waals surface area contributed by atoms with Crippen molar-refractivity contribution in [3.63, 3.8) is 0 Å². The number of likely N-dealkylation sites (N-methyl/N-ethyl adjacent to an activating group) is 1. The molecule has 168 valence electrons. The lowest BCUT2D eigenvalue weighted by atomic mass is 9.98. The van der Waals surface area contributed by atoms with Gasteiger partial charge in [-0.2, -0.15) is 0 Å². The number of hydrogen-bond acceptors (Lipinski definition) is 6. The largest absolute Gasteiger partial charge is 0.368 e. The van der Waals surface area contributed by atoms with Crippen LogP contribution in [0.4, 0.5) is 10.5 Å². The van der Waals surface area contributed by atoms with Crippen molar-refractivity contribution < 1.29 is 9.59 Å². The molecule has 2 aliphatic heterocycles. The average molecular weight is 479 g/mol. The molecule has 33 heavy (non-hydrogen) atoms. The maximum absolute atomic E-state index is 11.9. The second kappa shape index (κ2) is 9.17. The predicted octanol–water partition coefficient (Wildman–Crippen LogP) is 5.02. The van der Waals surface area contributed by atoms with E-state index in [-0.39, 0.29) is 11.1 Å². The minimum Gasteiger partial charge on any atom is -0.368 e. The first-order valence-corrected chi connectivity index (χ1v) is 12.1. The summed E-state index contributed by atoms with van der Waals surface area (Å²) in [7, 11) is 0. The highest BCUT2D eigenvalue weighted by Gasteiger charge is 2.25. The molecule has 0 spiro atoms. The molecular weight excluding hydrogens is 456 g/mol. The normalized spacial score (nSPS) is 18.4. The molecule has 2 aliphatic rings. The molecule has 2 amide bonds. The Morgan fingerprint density at radius 1 is 1.12 bits per heavy atom. The lowest BCUT2D eigenvalue weighted by molar-refractivity contribution is -0.115. The second-order valence-electron chi connectivity index (χ2n) is 8.08. The summed E-state index contributed by atoms with van der Waals surface area (Å²) in [5.41, 5.74) is 3.75. The molecule has 0 bridgehead atoms. The Morgan fingerprint density at radius 3 is 2.64 bits per heavy atom. The number of imide groups is 1. The Bertz CT molecular complexity index is 1280. The first-order valence-electron chi connectivity index (χ1n) is 10.9. The number of carbonyl (C=O) groups excluding carboxylic acids is 2. The number of carbonyl (C=O) groups is 2. The number of rotatable bonds is 4. The van der Waals surface area contributed by atoms with Gasteiger partial charge in [0, 0.05) is 37.8 Å². The van der Waals surface area contributed by atoms with Crippen molar-refractivity contribution in [1.29, 1.82) is 0 Å². The van der Waals surface area contributed by atoms with Gasteiger partial charge in [-0.3, -0.25) is 19.9 Å². The standard InChI is InChI=1S/C25H23ClN4O2S/c1-2-29-8-10-30(11-9-29)22-7-6-16(12-21(22)26)19-5-3-4-17-15-27-18(13-20(17)19)14-23-24(31)28-25(32)33-23/h3-7,12-15H,2,8-11H2,1H3,(H,28,31,32). The van der Waals surface area contributed by atoms with Gasteiger partial charge in [0.15, 0.2) is 0 Å². The third kappa shape index (κ3) is 4.49. The van der Waals surface area contributed by atoms with Crippen molar-refractivity contribution in [1.82, 2.24) is 15.2 Å². The zero-order valence-corrected chi connectivity index (χ0v) is 19.7. The van der Waals surface area contributed by atoms with Crippen LogP contribution < -0.4 is 10.2 Å². The van der Waals surface area contributed by atoms with E-state index in [0.29, 0.717) is 10.6 Å². The zero-order valence-electron chi connectivity index (χ0n) is 18.2. The zero-order chi connectivity index (χ0) is 22.9. The third-order valence-corrected chi connectivity index (χ3v) is 7.24. The van der Waals surface area contributed by atoms with Crippen molar-refractivity contribution in [3.8, 4) is 11.1 Å². The smallest absolute Gasteiger partial charge is 0.290 e. The highest BCUT2D eigenvalue weighted by molar-refractivity contribution is 8.18. The molecule has 3 heterocycles. The van der Waals surface area contributed by atoms with Gasteiger partial charge in [0.25, 0.3) is 11.1 Å². The molecule has 0 unspecified atom stereocenters. The Kier molecular flexibility index (Phi) is 6.10. The highest BCUT2D eigenvalue weighted by atomic mass is 35.5. The first kappa shape index (κ1) is 21.9. The number of piperazine rings is 1. The summed E-state index contributed by atoms with van der Waals surface area (Å²) in [6.45, 7) is 7.31. The van der Waals surface area contributed by atoms with Crippen LogP contribution in [0.5, 0.6) is 0 Å². The van der Waals surface area contributed by atoms with Gasteiger partial charge in [0.2, 0.25) is 0 Å². The SMILES string of the molecule is CCN1CCN(c2ccc(-c3cccc4cnc(C=C5SC(=O)NC5=O)cc34)cc2Cl)CC1. The Labute approximate surface area is 201 Å². The number of fused-ring (bicyclic) bond motifs is 1. The lowest BCUT2D eigenvalue weighted by Gasteiger charge is -2.36. The number of hydrogen-bond donors (Lipinski definition) is 1. The monoisotopic (exact) mass is 478 g/mol. The lowest BCUT2D eigenvalue weighted by Crippen LogP contribution is -2.46. The average Bonchev–Trinajstić information content (AvgIpc) is 3.15. The quantitative estimate of drug-likeness (QED) is 0.531. The van der Waals surface area contributed by atoms with Crippen LogP contribution in [0.2, 0.25) is 5.02 Å². The van der Waals surface area contributed by atoms with Crippen molar-refractivity contribution in [2.75, 3.05) is 37.6 Å². The summed E-state index contributed by atoms with van der Waals surface area (Å²) in [4.78, 5) is 33.0. The molecule has 0 atom stereocenters. The fourth-order valence-corrected chi connectivity index (χ4v) is 5.27. The summed E-state index contributed by atoms with van der Waals surface area (Å²) in [5, 5.41) is 4.65. The summed E-state index contributed by atoms with van der Waals surface area (Å²) < 4.78 is 0. The number of aromatic nitrogens is 1. The Balaban J connectivity index is 1.48. The van der Waals surface area contributed by atoms with E-state index in [2.05, 4.69) is 45.2 Å². The summed E-state index contributed by atoms with van der Waals surface area (Å²) in [6, 6.07) is 14.3. The number of benzene rings is 2. The molecule has 5 rings (SSSR count). The molecule has 1 aromatic heterocycles. The van der Waals surface area contributed by atoms with Crippen LogP contribution in [-0.4, -0.2) is 53.8 Å². The predicted molar refractivity (Wildman–Crippen MR) is 136 cm³/mol. The Morgan fingerprint density at radius 2 is 1.94 bits per heavy atom. The van der Waals surface area contributed by atoms with Gasteiger partial charge in [-0.05, 0) is 59.1 Å². The van der Waals surface area contributed by atoms with E-state index in [1.54, 1.807) is 12.3 Å². The van der Waals surface area contributed by atoms with Crippen molar-refractivity contribution in [2.45, 2.75) is 6.92 Å². The van der Waals surface area contributed by atoms with Crippen molar-refractivity contribution >= 4 is 57.0 Å². The molecule has 8 heteroatoms. The van der Waals surface area contributed by atoms with Gasteiger partial charge in [0.1, 0.15) is 0 Å². The second-order valence-corrected chi connectivity index (χ2v) is 9.50. The number of amides is 2. The minimum absolute atomic E-state index is 0.347. The number of thioether (sulfide) groups is 1. The van der Waals surface area contributed by atoms with E-state index in [9.17, 15) is 9.59 Å². The molecule has 3 aromatic rings. The number of anilines is 1. The van der Waals surface area contributed by atoms with Crippen LogP contribution in [0.1, 0.15) is 12.6 Å². The van der Waals surface area contributed by atoms with Gasteiger partial charge in [-0.1, -0.05) is 42.8 Å². The van der Waals surface area contributed by atoms with Crippen molar-refractivity contribution in [3.05, 3.63) is 64.3 Å². The third-order valence-electron chi connectivity index (χ3n) is 6.12. The highest BCUT2D eigenvalue weighted by Crippen LogP contribution is 2.35. The number of halogens is 1. The van der Waals surface area contributed by atoms with Crippen LogP contribution in [0.3, 0.4) is 0 Å². The van der Waals surface area contributed by atoms with E-state index in [4.69, 9.17) is 11.6 Å². The first-order chi connectivity index (χ1) is 16.0. The summed E-state index contributed by atoms with van der Waals surface area (Å²) in [6.07, 6.45) is 3.43. The Hall–Kier alpha value is -2.87. The van der Waals surface area contributed by atoms with Gasteiger partial charge in [-0.25, -0.2) is 0 Å². The molecule has 0 saturated carbocycles. The van der Waals surface area contributed by atoms with E-state index < -0.39 is 0 Å². The molecule has 0 radical (unpaired) electrons. The fraction of sp³-hybridized carbons (Fsp3) is 0.240. The maximum atomic E-state index is 11.9. The topological polar surface area (TPSA) is 65.5 Å². The van der Waals surface area contributed by atoms with Crippen molar-refractivity contribution in [2.24, 2.45) is 0 Å². The van der Waals surface area contributed by atoms with Gasteiger partial charge in [-0.15, -0.1) is 0 Å². The minimum atomic E-state index is -0.387. The fourth-order valence-electron chi connectivity index (χ4n) is 4.31. The van der Waals surface area contributed by atoms with Gasteiger partial charge in [0.05, 0.1) is 21.3 Å². The summed E-state index contributed by atoms with van der Waals surface area (Å²) >= 11 is 7.64. The molecule has 2 fully saturated rings. The number of pyridine rings is 1. The van der Waals surface area contributed by atoms with E-state index in [0.717, 1.165) is 77.1 Å². The van der Waals surface area contributed by atoms with E-state index in [1.807, 2.05) is 24.3 Å². The molecule has 2 aromatic carbocycles. The molecule has 0 aliphatic carbocycles.